The minimum absolute atomic E-state index is 0.0163. The van der Waals surface area contributed by atoms with Gasteiger partial charge in [0.2, 0.25) is 5.82 Å². The molecule has 3 N–H and O–H groups in total. The van der Waals surface area contributed by atoms with Gasteiger partial charge in [-0.25, -0.2) is 8.78 Å². The molecule has 0 bridgehead atoms. The summed E-state index contributed by atoms with van der Waals surface area (Å²) in [6, 6.07) is 3.54. The van der Waals surface area contributed by atoms with Gasteiger partial charge in [-0.1, -0.05) is 0 Å². The molecule has 7 nitrogen and oxygen atoms in total. The number of allylic oxidation sites excluding steroid dienone is 1. The Kier molecular flexibility index (Phi) is 3.33. The van der Waals surface area contributed by atoms with Crippen LogP contribution in [0.3, 0.4) is 0 Å². The highest BCUT2D eigenvalue weighted by atomic mass is 19.1. The number of hydrogen-bond donors (Lipinski definition) is 3. The Morgan fingerprint density at radius 3 is 2.63 bits per heavy atom. The van der Waals surface area contributed by atoms with Gasteiger partial charge in [-0.3, -0.25) is 0 Å². The van der Waals surface area contributed by atoms with Gasteiger partial charge in [-0.05, 0) is 5.21 Å². The van der Waals surface area contributed by atoms with E-state index in [4.69, 9.17) is 10.4 Å². The van der Waals surface area contributed by atoms with Crippen molar-refractivity contribution in [3.63, 3.8) is 0 Å². The molecule has 0 saturated heterocycles. The van der Waals surface area contributed by atoms with E-state index >= 15 is 0 Å². The van der Waals surface area contributed by atoms with Crippen molar-refractivity contribution < 1.29 is 13.9 Å². The zero-order chi connectivity index (χ0) is 13.8. The van der Waals surface area contributed by atoms with Crippen molar-refractivity contribution in [1.29, 1.82) is 5.26 Å². The molecule has 0 amide bonds. The maximum absolute atomic E-state index is 13.1. The van der Waals surface area contributed by atoms with Crippen molar-refractivity contribution in [2.45, 2.75) is 0 Å². The van der Waals surface area contributed by atoms with Crippen molar-refractivity contribution in [3.8, 4) is 11.8 Å². The first-order chi connectivity index (χ1) is 9.11. The Labute approximate surface area is 105 Å². The number of rotatable bonds is 3. The number of phenols is 1. The molecule has 19 heavy (non-hydrogen) atoms. The summed E-state index contributed by atoms with van der Waals surface area (Å²) in [6.07, 6.45) is 1.16. The lowest BCUT2D eigenvalue weighted by atomic mass is 10.2. The number of nitrogens with one attached hydrogen (secondary N) is 2. The molecule has 0 aliphatic heterocycles. The van der Waals surface area contributed by atoms with Gasteiger partial charge in [0.05, 0.1) is 0 Å². The van der Waals surface area contributed by atoms with Crippen LogP contribution >= 0.6 is 0 Å². The van der Waals surface area contributed by atoms with E-state index in [9.17, 15) is 8.78 Å². The molecule has 2 aromatic rings. The number of H-pyrrole nitrogens is 1. The van der Waals surface area contributed by atoms with Crippen LogP contribution < -0.4 is 5.32 Å². The van der Waals surface area contributed by atoms with Crippen molar-refractivity contribution in [2.75, 3.05) is 5.32 Å². The van der Waals surface area contributed by atoms with Crippen LogP contribution in [0.5, 0.6) is 5.75 Å². The molecule has 0 atom stereocenters. The van der Waals surface area contributed by atoms with Crippen molar-refractivity contribution in [3.05, 3.63) is 35.8 Å². The fourth-order valence-electron chi connectivity index (χ4n) is 1.23. The van der Waals surface area contributed by atoms with Crippen LogP contribution in [0.4, 0.5) is 14.5 Å². The third kappa shape index (κ3) is 2.63. The number of anilines is 1. The number of aromatic amines is 1. The van der Waals surface area contributed by atoms with E-state index in [0.717, 1.165) is 18.3 Å². The number of nitriles is 1. The Bertz CT molecular complexity index is 638. The normalized spacial score (nSPS) is 11.1. The molecule has 96 valence electrons. The number of aromatic hydroxyl groups is 1. The largest absolute Gasteiger partial charge is 0.503 e. The zero-order valence-electron chi connectivity index (χ0n) is 9.22. The molecule has 1 aromatic carbocycles. The van der Waals surface area contributed by atoms with Crippen molar-refractivity contribution >= 4 is 11.3 Å². The van der Waals surface area contributed by atoms with Gasteiger partial charge in [0.25, 0.3) is 0 Å². The van der Waals surface area contributed by atoms with Gasteiger partial charge in [0.15, 0.2) is 17.4 Å². The SMILES string of the molecule is N#CC(=CNc1cc(F)c(O)c(F)c1)c1nn[nH]n1. The van der Waals surface area contributed by atoms with Crippen LogP contribution in [-0.2, 0) is 0 Å². The second kappa shape index (κ2) is 5.09. The summed E-state index contributed by atoms with van der Waals surface area (Å²) in [4.78, 5) is 0. The van der Waals surface area contributed by atoms with Gasteiger partial charge < -0.3 is 10.4 Å². The average Bonchev–Trinajstić information content (AvgIpc) is 2.90. The van der Waals surface area contributed by atoms with Gasteiger partial charge in [-0.15, -0.1) is 10.2 Å². The van der Waals surface area contributed by atoms with Crippen LogP contribution in [0.15, 0.2) is 18.3 Å². The van der Waals surface area contributed by atoms with Crippen LogP contribution in [0.25, 0.3) is 5.57 Å². The third-order valence-electron chi connectivity index (χ3n) is 2.11. The van der Waals surface area contributed by atoms with Gasteiger partial charge in [0.1, 0.15) is 11.6 Å². The standard InChI is InChI=1S/C10H6F2N6O/c11-7-1-6(2-8(12)9(7)19)14-4-5(3-13)10-15-17-18-16-10/h1-2,4,14,19H,(H,15,16,17,18). The summed E-state index contributed by atoms with van der Waals surface area (Å²) >= 11 is 0. The summed E-state index contributed by atoms with van der Waals surface area (Å²) in [5, 5.41) is 32.9. The molecule has 9 heteroatoms. The third-order valence-corrected chi connectivity index (χ3v) is 2.11. The average molecular weight is 264 g/mol. The molecule has 0 fully saturated rings. The summed E-state index contributed by atoms with van der Waals surface area (Å²) < 4.78 is 26.1. The molecule has 0 spiro atoms. The van der Waals surface area contributed by atoms with Crippen LogP contribution in [0, 0.1) is 23.0 Å². The molecular formula is C10H6F2N6O. The van der Waals surface area contributed by atoms with Crippen molar-refractivity contribution in [1.82, 2.24) is 20.6 Å². The maximum Gasteiger partial charge on any atom is 0.216 e. The molecule has 0 radical (unpaired) electrons. The highest BCUT2D eigenvalue weighted by Gasteiger charge is 2.10. The Balaban J connectivity index is 2.25. The second-order valence-corrected chi connectivity index (χ2v) is 3.34. The number of aromatic nitrogens is 4. The Morgan fingerprint density at radius 2 is 2.11 bits per heavy atom. The fraction of sp³-hybridized carbons (Fsp3) is 0. The Morgan fingerprint density at radius 1 is 1.42 bits per heavy atom. The lowest BCUT2D eigenvalue weighted by Crippen LogP contribution is -1.95. The monoisotopic (exact) mass is 264 g/mol. The highest BCUT2D eigenvalue weighted by Crippen LogP contribution is 2.24. The number of phenolic OH excluding ortho intramolecular Hbond substituents is 1. The van der Waals surface area contributed by atoms with Crippen molar-refractivity contribution in [2.24, 2.45) is 0 Å². The molecule has 2 rings (SSSR count). The van der Waals surface area contributed by atoms with Gasteiger partial charge >= 0.3 is 0 Å². The van der Waals surface area contributed by atoms with E-state index in [2.05, 4.69) is 25.9 Å². The molecule has 0 unspecified atom stereocenters. The molecule has 1 heterocycles. The van der Waals surface area contributed by atoms with Gasteiger partial charge in [-0.2, -0.15) is 10.5 Å². The first-order valence-electron chi connectivity index (χ1n) is 4.90. The summed E-state index contributed by atoms with van der Waals surface area (Å²) in [5.41, 5.74) is 0.0340. The van der Waals surface area contributed by atoms with E-state index in [1.807, 2.05) is 0 Å². The highest BCUT2D eigenvalue weighted by molar-refractivity contribution is 5.74. The van der Waals surface area contributed by atoms with E-state index < -0.39 is 17.4 Å². The lowest BCUT2D eigenvalue weighted by Gasteiger charge is -2.03. The predicted octanol–water partition coefficient (Wildman–Crippen LogP) is 1.16. The summed E-state index contributed by atoms with van der Waals surface area (Å²) in [7, 11) is 0. The van der Waals surface area contributed by atoms with E-state index in [0.29, 0.717) is 0 Å². The minimum Gasteiger partial charge on any atom is -0.503 e. The van der Waals surface area contributed by atoms with Gasteiger partial charge in [0, 0.05) is 24.0 Å². The number of benzene rings is 1. The minimum atomic E-state index is -1.12. The number of halogens is 2. The topological polar surface area (TPSA) is 111 Å². The summed E-state index contributed by atoms with van der Waals surface area (Å²) in [6.45, 7) is 0. The summed E-state index contributed by atoms with van der Waals surface area (Å²) in [5.74, 6) is -3.26. The zero-order valence-corrected chi connectivity index (χ0v) is 9.22. The first kappa shape index (κ1) is 12.4. The lowest BCUT2D eigenvalue weighted by molar-refractivity contribution is 0.396. The fourth-order valence-corrected chi connectivity index (χ4v) is 1.23. The predicted molar refractivity (Wildman–Crippen MR) is 59.4 cm³/mol. The van der Waals surface area contributed by atoms with E-state index in [1.54, 1.807) is 6.07 Å². The van der Waals surface area contributed by atoms with Crippen LogP contribution in [0.2, 0.25) is 0 Å². The second-order valence-electron chi connectivity index (χ2n) is 3.34. The van der Waals surface area contributed by atoms with Crippen LogP contribution in [-0.4, -0.2) is 25.7 Å². The smallest absolute Gasteiger partial charge is 0.216 e. The van der Waals surface area contributed by atoms with E-state index in [1.165, 1.54) is 0 Å². The maximum atomic E-state index is 13.1. The molecule has 0 saturated carbocycles. The Hall–Kier alpha value is -3.02. The number of tetrazole rings is 1. The number of hydrogen-bond acceptors (Lipinski definition) is 6. The molecule has 1 aromatic heterocycles. The molecule has 0 aliphatic rings. The first-order valence-corrected chi connectivity index (χ1v) is 4.90. The molecular weight excluding hydrogens is 258 g/mol. The number of nitrogens with zero attached hydrogens (tertiary/aromatic N) is 4. The quantitative estimate of drug-likeness (QED) is 0.566. The van der Waals surface area contributed by atoms with Crippen LogP contribution in [0.1, 0.15) is 5.82 Å². The molecule has 0 aliphatic carbocycles. The van der Waals surface area contributed by atoms with E-state index in [-0.39, 0.29) is 17.1 Å².